The summed E-state index contributed by atoms with van der Waals surface area (Å²) < 4.78 is 1.92. The van der Waals surface area contributed by atoms with Crippen molar-refractivity contribution in [3.05, 3.63) is 6.33 Å². The van der Waals surface area contributed by atoms with Crippen molar-refractivity contribution < 1.29 is 0 Å². The monoisotopic (exact) mass is 198 g/mol. The fourth-order valence-electron chi connectivity index (χ4n) is 1.23. The molecule has 72 valence electrons. The average molecular weight is 198 g/mol. The number of nitrogens with two attached hydrogens (primary N) is 1. The molecular weight excluding hydrogens is 184 g/mol. The van der Waals surface area contributed by atoms with E-state index < -0.39 is 0 Å². The summed E-state index contributed by atoms with van der Waals surface area (Å²) in [5.41, 5.74) is 5.97. The number of aryl methyl sites for hydroxylation is 1. The lowest BCUT2D eigenvalue weighted by atomic mass is 10.2. The van der Waals surface area contributed by atoms with Gasteiger partial charge in [-0.25, -0.2) is 0 Å². The smallest absolute Gasteiger partial charge is 0.190 e. The third kappa shape index (κ3) is 2.22. The zero-order chi connectivity index (χ0) is 9.26. The molecule has 1 saturated carbocycles. The maximum Gasteiger partial charge on any atom is 0.190 e. The molecule has 13 heavy (non-hydrogen) atoms. The Morgan fingerprint density at radius 3 is 3.08 bits per heavy atom. The second-order valence-corrected chi connectivity index (χ2v) is 4.52. The molecule has 0 amide bonds. The highest BCUT2D eigenvalue weighted by Crippen LogP contribution is 2.33. The van der Waals surface area contributed by atoms with E-state index in [-0.39, 0.29) is 0 Å². The predicted molar refractivity (Wildman–Crippen MR) is 52.4 cm³/mol. The first kappa shape index (κ1) is 9.02. The Morgan fingerprint density at radius 1 is 1.77 bits per heavy atom. The van der Waals surface area contributed by atoms with Crippen LogP contribution >= 0.6 is 11.8 Å². The molecule has 1 aliphatic carbocycles. The summed E-state index contributed by atoms with van der Waals surface area (Å²) in [6.07, 6.45) is 4.33. The van der Waals surface area contributed by atoms with Gasteiger partial charge in [0.2, 0.25) is 0 Å². The van der Waals surface area contributed by atoms with Gasteiger partial charge in [0, 0.05) is 18.8 Å². The van der Waals surface area contributed by atoms with Crippen LogP contribution in [0.25, 0.3) is 0 Å². The first-order valence-corrected chi connectivity index (χ1v) is 5.48. The fourth-order valence-corrected chi connectivity index (χ4v) is 2.20. The van der Waals surface area contributed by atoms with Gasteiger partial charge in [0.05, 0.1) is 0 Å². The highest BCUT2D eigenvalue weighted by molar-refractivity contribution is 7.99. The second-order valence-electron chi connectivity index (χ2n) is 3.54. The Morgan fingerprint density at radius 2 is 2.54 bits per heavy atom. The minimum Gasteiger partial charge on any atom is -0.327 e. The average Bonchev–Trinajstić information content (AvgIpc) is 2.88. The van der Waals surface area contributed by atoms with E-state index in [1.54, 1.807) is 18.1 Å². The van der Waals surface area contributed by atoms with E-state index in [4.69, 9.17) is 5.73 Å². The van der Waals surface area contributed by atoms with E-state index in [0.717, 1.165) is 16.8 Å². The molecule has 1 atom stereocenters. The third-order valence-corrected chi connectivity index (χ3v) is 3.48. The minimum absolute atomic E-state index is 0.335. The Balaban J connectivity index is 1.81. The molecule has 4 nitrogen and oxygen atoms in total. The third-order valence-electron chi connectivity index (χ3n) is 2.30. The summed E-state index contributed by atoms with van der Waals surface area (Å²) in [4.78, 5) is 0. The van der Waals surface area contributed by atoms with E-state index in [0.29, 0.717) is 6.04 Å². The van der Waals surface area contributed by atoms with Crippen LogP contribution in [0.3, 0.4) is 0 Å². The van der Waals surface area contributed by atoms with Crippen LogP contribution < -0.4 is 5.73 Å². The van der Waals surface area contributed by atoms with Crippen LogP contribution in [0.15, 0.2) is 11.5 Å². The number of nitrogens with zero attached hydrogens (tertiary/aromatic N) is 3. The topological polar surface area (TPSA) is 56.7 Å². The summed E-state index contributed by atoms with van der Waals surface area (Å²) in [5.74, 6) is 1.72. The molecule has 0 bridgehead atoms. The van der Waals surface area contributed by atoms with Gasteiger partial charge in [-0.3, -0.25) is 0 Å². The molecule has 0 spiro atoms. The number of hydrogen-bond donors (Lipinski definition) is 1. The molecule has 1 unspecified atom stereocenters. The van der Waals surface area contributed by atoms with Crippen molar-refractivity contribution in [3.8, 4) is 0 Å². The number of aromatic nitrogens is 3. The van der Waals surface area contributed by atoms with Gasteiger partial charge in [0.1, 0.15) is 6.33 Å². The quantitative estimate of drug-likeness (QED) is 0.721. The van der Waals surface area contributed by atoms with Crippen LogP contribution in [0.5, 0.6) is 0 Å². The van der Waals surface area contributed by atoms with E-state index in [1.807, 2.05) is 11.6 Å². The molecule has 0 aromatic carbocycles. The summed E-state index contributed by atoms with van der Waals surface area (Å²) in [5, 5.41) is 8.75. The molecule has 0 saturated heterocycles. The van der Waals surface area contributed by atoms with Crippen LogP contribution in [0, 0.1) is 5.92 Å². The maximum absolute atomic E-state index is 5.97. The van der Waals surface area contributed by atoms with Gasteiger partial charge < -0.3 is 10.3 Å². The Bertz CT molecular complexity index is 281. The normalized spacial score (nSPS) is 18.9. The van der Waals surface area contributed by atoms with E-state index in [1.165, 1.54) is 12.8 Å². The highest BCUT2D eigenvalue weighted by atomic mass is 32.2. The highest BCUT2D eigenvalue weighted by Gasteiger charge is 2.28. The van der Waals surface area contributed by atoms with E-state index in [2.05, 4.69) is 10.2 Å². The number of rotatable bonds is 4. The zero-order valence-corrected chi connectivity index (χ0v) is 8.50. The van der Waals surface area contributed by atoms with Crippen molar-refractivity contribution in [2.45, 2.75) is 24.0 Å². The zero-order valence-electron chi connectivity index (χ0n) is 7.68. The number of thioether (sulfide) groups is 1. The van der Waals surface area contributed by atoms with Crippen molar-refractivity contribution in [1.82, 2.24) is 14.8 Å². The Hall–Kier alpha value is -0.550. The van der Waals surface area contributed by atoms with Crippen molar-refractivity contribution in [1.29, 1.82) is 0 Å². The van der Waals surface area contributed by atoms with Gasteiger partial charge in [0.15, 0.2) is 5.16 Å². The molecule has 1 aromatic rings. The number of hydrogen-bond acceptors (Lipinski definition) is 4. The standard InChI is InChI=1S/C8H14N4S/c1-12-5-10-11-8(12)13-4-7(9)6-2-3-6/h5-7H,2-4,9H2,1H3. The molecule has 0 radical (unpaired) electrons. The van der Waals surface area contributed by atoms with Gasteiger partial charge in [-0.05, 0) is 18.8 Å². The largest absolute Gasteiger partial charge is 0.327 e. The van der Waals surface area contributed by atoms with Crippen molar-refractivity contribution in [2.75, 3.05) is 5.75 Å². The molecule has 1 heterocycles. The van der Waals surface area contributed by atoms with Gasteiger partial charge in [-0.2, -0.15) is 0 Å². The second kappa shape index (κ2) is 3.67. The summed E-state index contributed by atoms with van der Waals surface area (Å²) in [7, 11) is 1.95. The fraction of sp³-hybridized carbons (Fsp3) is 0.750. The molecule has 1 fully saturated rings. The summed E-state index contributed by atoms with van der Waals surface area (Å²) in [6.45, 7) is 0. The summed E-state index contributed by atoms with van der Waals surface area (Å²) >= 11 is 1.69. The molecule has 1 aliphatic rings. The molecule has 1 aromatic heterocycles. The maximum atomic E-state index is 5.97. The lowest BCUT2D eigenvalue weighted by Crippen LogP contribution is -2.25. The van der Waals surface area contributed by atoms with Crippen LogP contribution in [0.1, 0.15) is 12.8 Å². The SMILES string of the molecule is Cn1cnnc1SCC(N)C1CC1. The first-order valence-electron chi connectivity index (χ1n) is 4.50. The van der Waals surface area contributed by atoms with Gasteiger partial charge in [0.25, 0.3) is 0 Å². The molecule has 0 aliphatic heterocycles. The minimum atomic E-state index is 0.335. The van der Waals surface area contributed by atoms with Gasteiger partial charge in [-0.1, -0.05) is 11.8 Å². The van der Waals surface area contributed by atoms with E-state index in [9.17, 15) is 0 Å². The first-order chi connectivity index (χ1) is 6.27. The van der Waals surface area contributed by atoms with Crippen molar-refractivity contribution in [2.24, 2.45) is 18.7 Å². The Labute approximate surface area is 81.9 Å². The lowest BCUT2D eigenvalue weighted by molar-refractivity contribution is 0.656. The van der Waals surface area contributed by atoms with Crippen molar-refractivity contribution >= 4 is 11.8 Å². The predicted octanol–water partition coefficient (Wildman–Crippen LogP) is 0.644. The molecular formula is C8H14N4S. The van der Waals surface area contributed by atoms with Gasteiger partial charge in [-0.15, -0.1) is 10.2 Å². The molecule has 2 rings (SSSR count). The molecule has 2 N–H and O–H groups in total. The Kier molecular flexibility index (Phi) is 2.55. The van der Waals surface area contributed by atoms with Gasteiger partial charge >= 0.3 is 0 Å². The van der Waals surface area contributed by atoms with Crippen LogP contribution in [-0.2, 0) is 7.05 Å². The molecule has 5 heteroatoms. The van der Waals surface area contributed by atoms with E-state index >= 15 is 0 Å². The summed E-state index contributed by atoms with van der Waals surface area (Å²) in [6, 6.07) is 0.335. The van der Waals surface area contributed by atoms with Crippen molar-refractivity contribution in [3.63, 3.8) is 0 Å². The lowest BCUT2D eigenvalue weighted by Gasteiger charge is -2.07. The van der Waals surface area contributed by atoms with Crippen LogP contribution in [-0.4, -0.2) is 26.6 Å². The van der Waals surface area contributed by atoms with Crippen LogP contribution in [0.4, 0.5) is 0 Å². The van der Waals surface area contributed by atoms with Crippen LogP contribution in [0.2, 0.25) is 0 Å².